The maximum Gasteiger partial charge on any atom is 0.131 e. The van der Waals surface area contributed by atoms with Gasteiger partial charge in [0.25, 0.3) is 0 Å². The van der Waals surface area contributed by atoms with Crippen molar-refractivity contribution in [3.8, 4) is 0 Å². The molecular formula is C18H20F2N2O. The minimum atomic E-state index is -0.980. The third-order valence-corrected chi connectivity index (χ3v) is 4.30. The maximum atomic E-state index is 13.8. The Bertz CT molecular complexity index is 692. The van der Waals surface area contributed by atoms with Crippen LogP contribution in [-0.2, 0) is 6.54 Å². The van der Waals surface area contributed by atoms with E-state index in [0.29, 0.717) is 13.1 Å². The lowest BCUT2D eigenvalue weighted by atomic mass is 10.1. The molecule has 23 heavy (non-hydrogen) atoms. The highest BCUT2D eigenvalue weighted by Gasteiger charge is 2.21. The van der Waals surface area contributed by atoms with Crippen molar-refractivity contribution in [2.24, 2.45) is 0 Å². The topological polar surface area (TPSA) is 26.7 Å². The summed E-state index contributed by atoms with van der Waals surface area (Å²) in [5.74, 6) is -1.34. The summed E-state index contributed by atoms with van der Waals surface area (Å²) in [5.41, 5.74) is 2.49. The molecule has 1 atom stereocenters. The van der Waals surface area contributed by atoms with E-state index in [0.717, 1.165) is 19.2 Å². The van der Waals surface area contributed by atoms with E-state index in [1.807, 2.05) is 19.2 Å². The van der Waals surface area contributed by atoms with Crippen LogP contribution in [0.4, 0.5) is 14.5 Å². The average molecular weight is 318 g/mol. The van der Waals surface area contributed by atoms with Crippen LogP contribution in [0, 0.1) is 11.6 Å². The second-order valence-corrected chi connectivity index (χ2v) is 5.97. The number of halogens is 2. The Hall–Kier alpha value is -1.98. The van der Waals surface area contributed by atoms with Crippen LogP contribution in [0.1, 0.15) is 17.2 Å². The number of hydrogen-bond donors (Lipinski definition) is 1. The number of para-hydroxylation sites is 1. The van der Waals surface area contributed by atoms with E-state index in [1.54, 1.807) is 0 Å². The van der Waals surface area contributed by atoms with Crippen molar-refractivity contribution in [2.45, 2.75) is 12.6 Å². The normalized spacial score (nSPS) is 16.8. The highest BCUT2D eigenvalue weighted by Crippen LogP contribution is 2.25. The van der Waals surface area contributed by atoms with Crippen molar-refractivity contribution in [3.63, 3.8) is 0 Å². The quantitative estimate of drug-likeness (QED) is 0.942. The molecule has 3 rings (SSSR count). The lowest BCUT2D eigenvalue weighted by Gasteiger charge is -2.24. The SMILES string of the molecule is CN1CCN(CC(O)c2ccc(F)cc2F)Cc2ccccc21. The number of benzene rings is 2. The molecule has 1 heterocycles. The van der Waals surface area contributed by atoms with E-state index in [4.69, 9.17) is 0 Å². The molecule has 122 valence electrons. The molecule has 1 aliphatic heterocycles. The number of hydrogen-bond acceptors (Lipinski definition) is 3. The van der Waals surface area contributed by atoms with E-state index in [1.165, 1.54) is 23.4 Å². The van der Waals surface area contributed by atoms with Gasteiger partial charge < -0.3 is 10.0 Å². The fraction of sp³-hybridized carbons (Fsp3) is 0.333. The Labute approximate surface area is 134 Å². The van der Waals surface area contributed by atoms with Crippen LogP contribution >= 0.6 is 0 Å². The molecular weight excluding hydrogens is 298 g/mol. The van der Waals surface area contributed by atoms with E-state index in [2.05, 4.69) is 21.9 Å². The van der Waals surface area contributed by atoms with Crippen molar-refractivity contribution < 1.29 is 13.9 Å². The zero-order valence-electron chi connectivity index (χ0n) is 13.0. The first kappa shape index (κ1) is 15.9. The molecule has 1 N–H and O–H groups in total. The lowest BCUT2D eigenvalue weighted by Crippen LogP contribution is -2.32. The summed E-state index contributed by atoms with van der Waals surface area (Å²) in [6, 6.07) is 11.4. The van der Waals surface area contributed by atoms with E-state index >= 15 is 0 Å². The Morgan fingerprint density at radius 2 is 1.91 bits per heavy atom. The van der Waals surface area contributed by atoms with Crippen molar-refractivity contribution in [1.29, 1.82) is 0 Å². The number of anilines is 1. The molecule has 0 amide bonds. The summed E-state index contributed by atoms with van der Waals surface area (Å²) in [4.78, 5) is 4.27. The van der Waals surface area contributed by atoms with Crippen molar-refractivity contribution in [2.75, 3.05) is 31.6 Å². The molecule has 2 aromatic rings. The first-order chi connectivity index (χ1) is 11.0. The average Bonchev–Trinajstić information content (AvgIpc) is 2.67. The number of likely N-dealkylation sites (N-methyl/N-ethyl adjacent to an activating group) is 1. The van der Waals surface area contributed by atoms with Gasteiger partial charge in [0, 0.05) is 50.5 Å². The van der Waals surface area contributed by atoms with Crippen LogP contribution in [0.5, 0.6) is 0 Å². The van der Waals surface area contributed by atoms with Gasteiger partial charge >= 0.3 is 0 Å². The third-order valence-electron chi connectivity index (χ3n) is 4.30. The molecule has 2 aromatic carbocycles. The van der Waals surface area contributed by atoms with Gasteiger partial charge in [0.15, 0.2) is 0 Å². The van der Waals surface area contributed by atoms with Gasteiger partial charge in [-0.1, -0.05) is 24.3 Å². The fourth-order valence-corrected chi connectivity index (χ4v) is 3.02. The largest absolute Gasteiger partial charge is 0.387 e. The smallest absolute Gasteiger partial charge is 0.131 e. The number of β-amino-alcohol motifs (C(OH)–C–C–N with tert-alkyl or cyclic N) is 1. The number of fused-ring (bicyclic) bond motifs is 1. The minimum Gasteiger partial charge on any atom is -0.387 e. The maximum absolute atomic E-state index is 13.8. The van der Waals surface area contributed by atoms with Crippen molar-refractivity contribution >= 4 is 5.69 Å². The third kappa shape index (κ3) is 3.51. The number of nitrogens with zero attached hydrogens (tertiary/aromatic N) is 2. The molecule has 0 aromatic heterocycles. The molecule has 0 bridgehead atoms. The summed E-state index contributed by atoms with van der Waals surface area (Å²) in [6.07, 6.45) is -0.980. The summed E-state index contributed by atoms with van der Waals surface area (Å²) in [6.45, 7) is 2.60. The second kappa shape index (κ2) is 6.64. The van der Waals surface area contributed by atoms with Gasteiger partial charge in [-0.2, -0.15) is 0 Å². The Morgan fingerprint density at radius 3 is 2.70 bits per heavy atom. The number of aliphatic hydroxyl groups excluding tert-OH is 1. The summed E-state index contributed by atoms with van der Waals surface area (Å²) >= 11 is 0. The first-order valence-corrected chi connectivity index (χ1v) is 7.69. The molecule has 3 nitrogen and oxygen atoms in total. The molecule has 5 heteroatoms. The molecule has 0 fully saturated rings. The van der Waals surface area contributed by atoms with Crippen LogP contribution in [0.2, 0.25) is 0 Å². The number of aliphatic hydroxyl groups is 1. The van der Waals surface area contributed by atoms with Gasteiger partial charge in [-0.25, -0.2) is 8.78 Å². The van der Waals surface area contributed by atoms with E-state index < -0.39 is 17.7 Å². The fourth-order valence-electron chi connectivity index (χ4n) is 3.02. The molecule has 0 radical (unpaired) electrons. The first-order valence-electron chi connectivity index (χ1n) is 7.69. The van der Waals surface area contributed by atoms with Crippen LogP contribution in [0.3, 0.4) is 0 Å². The molecule has 0 saturated carbocycles. The van der Waals surface area contributed by atoms with Gasteiger partial charge in [-0.3, -0.25) is 4.90 Å². The lowest BCUT2D eigenvalue weighted by molar-refractivity contribution is 0.109. The van der Waals surface area contributed by atoms with Gasteiger partial charge in [-0.05, 0) is 17.7 Å². The van der Waals surface area contributed by atoms with E-state index in [-0.39, 0.29) is 5.56 Å². The van der Waals surface area contributed by atoms with Gasteiger partial charge in [0.1, 0.15) is 11.6 Å². The predicted molar refractivity (Wildman–Crippen MR) is 86.3 cm³/mol. The van der Waals surface area contributed by atoms with Crippen LogP contribution < -0.4 is 4.90 Å². The van der Waals surface area contributed by atoms with Crippen LogP contribution in [0.25, 0.3) is 0 Å². The summed E-state index contributed by atoms with van der Waals surface area (Å²) in [7, 11) is 2.04. The monoisotopic (exact) mass is 318 g/mol. The van der Waals surface area contributed by atoms with Crippen LogP contribution in [0.15, 0.2) is 42.5 Å². The second-order valence-electron chi connectivity index (χ2n) is 5.97. The standard InChI is InChI=1S/C18H20F2N2O/c1-21-8-9-22(11-13-4-2-3-5-17(13)21)12-18(23)15-7-6-14(19)10-16(15)20/h2-7,10,18,23H,8-9,11-12H2,1H3. The van der Waals surface area contributed by atoms with Crippen LogP contribution in [-0.4, -0.2) is 36.7 Å². The summed E-state index contributed by atoms with van der Waals surface area (Å²) in [5, 5.41) is 10.3. The van der Waals surface area contributed by atoms with Crippen molar-refractivity contribution in [3.05, 3.63) is 65.2 Å². The van der Waals surface area contributed by atoms with Gasteiger partial charge in [0.2, 0.25) is 0 Å². The van der Waals surface area contributed by atoms with E-state index in [9.17, 15) is 13.9 Å². The zero-order chi connectivity index (χ0) is 16.4. The van der Waals surface area contributed by atoms with Crippen molar-refractivity contribution in [1.82, 2.24) is 4.90 Å². The molecule has 0 spiro atoms. The van der Waals surface area contributed by atoms with Gasteiger partial charge in [0.05, 0.1) is 6.10 Å². The molecule has 1 unspecified atom stereocenters. The predicted octanol–water partition coefficient (Wildman–Crippen LogP) is 2.95. The Kier molecular flexibility index (Phi) is 4.59. The molecule has 1 aliphatic rings. The minimum absolute atomic E-state index is 0.136. The Morgan fingerprint density at radius 1 is 1.13 bits per heavy atom. The zero-order valence-corrected chi connectivity index (χ0v) is 13.0. The highest BCUT2D eigenvalue weighted by atomic mass is 19.1. The molecule has 0 aliphatic carbocycles. The number of rotatable bonds is 3. The summed E-state index contributed by atoms with van der Waals surface area (Å²) < 4.78 is 26.8. The molecule has 0 saturated heterocycles. The highest BCUT2D eigenvalue weighted by molar-refractivity contribution is 5.53. The Balaban J connectivity index is 1.75. The van der Waals surface area contributed by atoms with Gasteiger partial charge in [-0.15, -0.1) is 0 Å².